The monoisotopic (exact) mass is 490 g/mol. The molecule has 0 radical (unpaired) electrons. The molecule has 0 bridgehead atoms. The van der Waals surface area contributed by atoms with Crippen molar-refractivity contribution in [2.75, 3.05) is 30.6 Å². The second-order valence-corrected chi connectivity index (χ2v) is 8.03. The number of methoxy groups -OCH3 is 1. The number of nitrogens with zero attached hydrogens (tertiary/aromatic N) is 2. The third-order valence-corrected chi connectivity index (χ3v) is 5.67. The molecule has 0 aliphatic rings. The van der Waals surface area contributed by atoms with Gasteiger partial charge in [0.05, 0.1) is 18.3 Å². The van der Waals surface area contributed by atoms with Crippen LogP contribution < -0.4 is 15.4 Å². The highest BCUT2D eigenvalue weighted by molar-refractivity contribution is 7.98. The fourth-order valence-corrected chi connectivity index (χ4v) is 3.89. The van der Waals surface area contributed by atoms with Gasteiger partial charge >= 0.3 is 5.97 Å². The summed E-state index contributed by atoms with van der Waals surface area (Å²) in [5.74, 6) is -0.976. The Morgan fingerprint density at radius 3 is 2.46 bits per heavy atom. The number of fused-ring (bicyclic) bond motifs is 1. The third kappa shape index (κ3) is 5.44. The fourth-order valence-electron chi connectivity index (χ4n) is 3.35. The van der Waals surface area contributed by atoms with Crippen LogP contribution in [0.25, 0.3) is 5.52 Å². The van der Waals surface area contributed by atoms with E-state index in [4.69, 9.17) is 9.47 Å². The summed E-state index contributed by atoms with van der Waals surface area (Å²) in [6.45, 7) is -0.477. The van der Waals surface area contributed by atoms with E-state index in [-0.39, 0.29) is 11.6 Å². The van der Waals surface area contributed by atoms with E-state index in [1.807, 2.05) is 18.4 Å². The quantitative estimate of drug-likeness (QED) is 0.282. The number of para-hydroxylation sites is 2. The van der Waals surface area contributed by atoms with Gasteiger partial charge in [-0.25, -0.2) is 9.78 Å². The van der Waals surface area contributed by atoms with E-state index in [0.29, 0.717) is 33.4 Å². The number of hydrogen-bond donors (Lipinski definition) is 2. The van der Waals surface area contributed by atoms with Gasteiger partial charge in [-0.2, -0.15) is 0 Å². The highest BCUT2D eigenvalue weighted by atomic mass is 32.2. The normalized spacial score (nSPS) is 10.6. The van der Waals surface area contributed by atoms with Gasteiger partial charge in [-0.05, 0) is 54.8 Å². The smallest absolute Gasteiger partial charge is 0.359 e. The molecule has 4 aromatic rings. The molecule has 2 N–H and O–H groups in total. The molecule has 0 saturated heterocycles. The molecule has 0 fully saturated rings. The Bertz CT molecular complexity index is 1380. The maximum absolute atomic E-state index is 12.5. The molecule has 0 unspecified atom stereocenters. The first-order valence-electron chi connectivity index (χ1n) is 10.5. The zero-order chi connectivity index (χ0) is 24.8. The second kappa shape index (κ2) is 10.7. The van der Waals surface area contributed by atoms with Gasteiger partial charge in [-0.15, -0.1) is 0 Å². The lowest BCUT2D eigenvalue weighted by molar-refractivity contribution is -0.119. The molecule has 0 aliphatic heterocycles. The topological polar surface area (TPSA) is 111 Å². The number of amides is 2. The molecule has 178 valence electrons. The SMILES string of the molecule is COc1ccccc1NC(=O)c1ccc(NC(=O)COC(=O)c2nc(SC)n3ccccc23)cc1. The van der Waals surface area contributed by atoms with Crippen molar-refractivity contribution in [2.45, 2.75) is 5.16 Å². The predicted octanol–water partition coefficient (Wildman–Crippen LogP) is 4.11. The summed E-state index contributed by atoms with van der Waals surface area (Å²) >= 11 is 1.40. The van der Waals surface area contributed by atoms with Gasteiger partial charge in [0.2, 0.25) is 0 Å². The number of hydrogen-bond acceptors (Lipinski definition) is 7. The van der Waals surface area contributed by atoms with Gasteiger partial charge in [0, 0.05) is 17.4 Å². The van der Waals surface area contributed by atoms with Gasteiger partial charge < -0.3 is 20.1 Å². The molecule has 9 nitrogen and oxygen atoms in total. The number of benzene rings is 2. The number of aromatic nitrogens is 2. The Morgan fingerprint density at radius 2 is 1.71 bits per heavy atom. The Balaban J connectivity index is 1.33. The van der Waals surface area contributed by atoms with Crippen molar-refractivity contribution in [3.8, 4) is 5.75 Å². The van der Waals surface area contributed by atoms with E-state index in [0.717, 1.165) is 0 Å². The van der Waals surface area contributed by atoms with Crippen molar-refractivity contribution in [2.24, 2.45) is 0 Å². The van der Waals surface area contributed by atoms with Crippen molar-refractivity contribution < 1.29 is 23.9 Å². The lowest BCUT2D eigenvalue weighted by Gasteiger charge is -2.10. The number of carbonyl (C=O) groups excluding carboxylic acids is 3. The number of rotatable bonds is 8. The van der Waals surface area contributed by atoms with Gasteiger partial charge in [-0.1, -0.05) is 30.0 Å². The molecule has 2 amide bonds. The van der Waals surface area contributed by atoms with Crippen LogP contribution >= 0.6 is 11.8 Å². The zero-order valence-electron chi connectivity index (χ0n) is 19.0. The van der Waals surface area contributed by atoms with Crippen LogP contribution in [0, 0.1) is 0 Å². The molecule has 2 heterocycles. The van der Waals surface area contributed by atoms with Crippen molar-refractivity contribution in [1.82, 2.24) is 9.38 Å². The number of thioether (sulfide) groups is 1. The highest BCUT2D eigenvalue weighted by Gasteiger charge is 2.19. The molecule has 4 rings (SSSR count). The average Bonchev–Trinajstić information content (AvgIpc) is 3.27. The van der Waals surface area contributed by atoms with Crippen molar-refractivity contribution >= 4 is 46.4 Å². The predicted molar refractivity (Wildman–Crippen MR) is 133 cm³/mol. The minimum Gasteiger partial charge on any atom is -0.495 e. The maximum atomic E-state index is 12.5. The van der Waals surface area contributed by atoms with Crippen LogP contribution in [-0.2, 0) is 9.53 Å². The molecular weight excluding hydrogens is 468 g/mol. The van der Waals surface area contributed by atoms with Crippen LogP contribution in [0.3, 0.4) is 0 Å². The van der Waals surface area contributed by atoms with E-state index >= 15 is 0 Å². The molecule has 10 heteroatoms. The Labute approximate surface area is 205 Å². The number of carbonyl (C=O) groups is 3. The van der Waals surface area contributed by atoms with E-state index in [1.54, 1.807) is 65.2 Å². The lowest BCUT2D eigenvalue weighted by Crippen LogP contribution is -2.21. The Kier molecular flexibility index (Phi) is 7.32. The summed E-state index contributed by atoms with van der Waals surface area (Å²) in [5.41, 5.74) is 2.15. The van der Waals surface area contributed by atoms with E-state index in [1.165, 1.54) is 18.9 Å². The van der Waals surface area contributed by atoms with E-state index in [2.05, 4.69) is 15.6 Å². The van der Waals surface area contributed by atoms with Crippen LogP contribution in [0.15, 0.2) is 78.1 Å². The minimum absolute atomic E-state index is 0.146. The van der Waals surface area contributed by atoms with Crippen LogP contribution in [0.4, 0.5) is 11.4 Å². The molecular formula is C25H22N4O5S. The molecule has 0 spiro atoms. The first kappa shape index (κ1) is 23.8. The molecule has 0 aliphatic carbocycles. The maximum Gasteiger partial charge on any atom is 0.359 e. The molecule has 0 atom stereocenters. The van der Waals surface area contributed by atoms with Crippen molar-refractivity contribution in [3.05, 3.63) is 84.2 Å². The van der Waals surface area contributed by atoms with Gasteiger partial charge in [0.25, 0.3) is 11.8 Å². The van der Waals surface area contributed by atoms with E-state index in [9.17, 15) is 14.4 Å². The zero-order valence-corrected chi connectivity index (χ0v) is 19.8. The first-order valence-corrected chi connectivity index (χ1v) is 11.7. The molecule has 2 aromatic heterocycles. The summed E-state index contributed by atoms with van der Waals surface area (Å²) in [6.07, 6.45) is 3.66. The van der Waals surface area contributed by atoms with Crippen molar-refractivity contribution in [3.63, 3.8) is 0 Å². The summed E-state index contributed by atoms with van der Waals surface area (Å²) in [7, 11) is 1.53. The summed E-state index contributed by atoms with van der Waals surface area (Å²) in [5, 5.41) is 6.07. The Hall–Kier alpha value is -4.31. The number of anilines is 2. The van der Waals surface area contributed by atoms with Gasteiger partial charge in [-0.3, -0.25) is 14.0 Å². The standard InChI is InChI=1S/C25H22N4O5S/c1-33-20-9-4-3-7-18(20)27-23(31)16-10-12-17(13-11-16)26-21(30)15-34-24(32)22-19-8-5-6-14-29(19)25(28-22)35-2/h3-14H,15H2,1-2H3,(H,26,30)(H,27,31). The van der Waals surface area contributed by atoms with E-state index < -0.39 is 18.5 Å². The summed E-state index contributed by atoms with van der Waals surface area (Å²) in [4.78, 5) is 41.6. The third-order valence-electron chi connectivity index (χ3n) is 5.01. The van der Waals surface area contributed by atoms with Gasteiger partial charge in [0.1, 0.15) is 5.75 Å². The molecule has 0 saturated carbocycles. The first-order chi connectivity index (χ1) is 17.0. The van der Waals surface area contributed by atoms with Crippen LogP contribution in [0.5, 0.6) is 5.75 Å². The Morgan fingerprint density at radius 1 is 0.971 bits per heavy atom. The van der Waals surface area contributed by atoms with Gasteiger partial charge in [0.15, 0.2) is 17.5 Å². The lowest BCUT2D eigenvalue weighted by atomic mass is 10.2. The van der Waals surface area contributed by atoms with Crippen LogP contribution in [-0.4, -0.2) is 47.1 Å². The largest absolute Gasteiger partial charge is 0.495 e. The second-order valence-electron chi connectivity index (χ2n) is 7.26. The molecule has 35 heavy (non-hydrogen) atoms. The van der Waals surface area contributed by atoms with Crippen LogP contribution in [0.1, 0.15) is 20.8 Å². The average molecular weight is 491 g/mol. The summed E-state index contributed by atoms with van der Waals surface area (Å²) < 4.78 is 12.2. The number of pyridine rings is 1. The number of esters is 1. The summed E-state index contributed by atoms with van der Waals surface area (Å²) in [6, 6.07) is 18.8. The number of nitrogens with one attached hydrogen (secondary N) is 2. The minimum atomic E-state index is -0.687. The molecule has 2 aromatic carbocycles. The van der Waals surface area contributed by atoms with Crippen molar-refractivity contribution in [1.29, 1.82) is 0 Å². The highest BCUT2D eigenvalue weighted by Crippen LogP contribution is 2.24. The number of imidazole rings is 1. The van der Waals surface area contributed by atoms with Crippen LogP contribution in [0.2, 0.25) is 0 Å². The number of ether oxygens (including phenoxy) is 2. The fraction of sp³-hybridized carbons (Fsp3) is 0.120.